The molecule has 3 N–H and O–H groups in total. The highest BCUT2D eigenvalue weighted by Crippen LogP contribution is 2.43. The van der Waals surface area contributed by atoms with E-state index in [9.17, 15) is 9.59 Å². The Balaban J connectivity index is 1.33. The minimum absolute atomic E-state index is 0.144. The number of methoxy groups -OCH3 is 1. The van der Waals surface area contributed by atoms with E-state index in [0.717, 1.165) is 31.4 Å². The average Bonchev–Trinajstić information content (AvgIpc) is 3.57. The van der Waals surface area contributed by atoms with E-state index in [4.69, 9.17) is 14.2 Å². The molecule has 13 heteroatoms. The van der Waals surface area contributed by atoms with Gasteiger partial charge in [0.05, 0.1) is 24.4 Å². The normalized spacial score (nSPS) is 27.0. The van der Waals surface area contributed by atoms with Gasteiger partial charge >= 0.3 is 6.09 Å². The van der Waals surface area contributed by atoms with E-state index in [2.05, 4.69) is 52.5 Å². The Morgan fingerprint density at radius 3 is 2.94 bits per heavy atom. The second-order valence-electron chi connectivity index (χ2n) is 9.64. The van der Waals surface area contributed by atoms with E-state index in [-0.39, 0.29) is 27.4 Å². The number of hydrogen-bond donors (Lipinski definition) is 3. The molecule has 5 radical (unpaired) electrons. The molecule has 2 amide bonds. The zero-order valence-corrected chi connectivity index (χ0v) is 22.4. The monoisotopic (exact) mass is 513 g/mol. The Morgan fingerprint density at radius 1 is 1.43 bits per heavy atom. The molecule has 2 aromatic rings. The largest absolute Gasteiger partial charge is 0.465 e. The van der Waals surface area contributed by atoms with Gasteiger partial charge in [-0.2, -0.15) is 10.2 Å². The zero-order chi connectivity index (χ0) is 25.2. The summed E-state index contributed by atoms with van der Waals surface area (Å²) in [6.45, 7) is 3.42. The number of aromatic amines is 1. The van der Waals surface area contributed by atoms with Gasteiger partial charge in [-0.3, -0.25) is 14.6 Å². The van der Waals surface area contributed by atoms with Crippen molar-refractivity contribution in [2.45, 2.75) is 54.8 Å². The lowest BCUT2D eigenvalue weighted by Gasteiger charge is -2.28. The van der Waals surface area contributed by atoms with Gasteiger partial charge in [0.1, 0.15) is 5.69 Å². The Labute approximate surface area is 215 Å². The van der Waals surface area contributed by atoms with Gasteiger partial charge in [0, 0.05) is 47.7 Å². The van der Waals surface area contributed by atoms with E-state index in [1.54, 1.807) is 20.2 Å². The molecule has 1 saturated carbocycles. The SMILES string of the molecule is COCc1cc(C(=O)Nc2cc([C@@]3([Si])CCC([CH]([Al])OC(=O)NC4(C)CCOC4)C3)[nH]n2)n(C)n1. The van der Waals surface area contributed by atoms with Crippen molar-refractivity contribution in [2.24, 2.45) is 13.0 Å². The summed E-state index contributed by atoms with van der Waals surface area (Å²) >= 11 is 2.65. The lowest BCUT2D eigenvalue weighted by molar-refractivity contribution is 0.0938. The predicted molar refractivity (Wildman–Crippen MR) is 128 cm³/mol. The number of carbonyl (C=O) groups is 2. The minimum atomic E-state index is -0.431. The first-order chi connectivity index (χ1) is 16.6. The minimum Gasteiger partial charge on any atom is -0.465 e. The molecule has 11 nitrogen and oxygen atoms in total. The van der Waals surface area contributed by atoms with Gasteiger partial charge in [0.2, 0.25) is 0 Å². The molecule has 1 saturated heterocycles. The van der Waals surface area contributed by atoms with Crippen molar-refractivity contribution in [1.29, 1.82) is 0 Å². The number of ether oxygens (including phenoxy) is 3. The number of aromatic nitrogens is 4. The van der Waals surface area contributed by atoms with Crippen molar-refractivity contribution in [3.8, 4) is 0 Å². The van der Waals surface area contributed by atoms with Crippen LogP contribution in [0.2, 0.25) is 0 Å². The molecule has 1 aliphatic heterocycles. The molecule has 1 aliphatic carbocycles. The molecule has 2 aromatic heterocycles. The fourth-order valence-corrected chi connectivity index (χ4v) is 5.63. The number of anilines is 1. The van der Waals surface area contributed by atoms with Crippen molar-refractivity contribution in [2.75, 3.05) is 25.6 Å². The number of H-pyrrole nitrogens is 1. The third-order valence-corrected chi connectivity index (χ3v) is 8.08. The summed E-state index contributed by atoms with van der Waals surface area (Å²) < 4.78 is 17.6. The van der Waals surface area contributed by atoms with Crippen LogP contribution in [0.3, 0.4) is 0 Å². The quantitative estimate of drug-likeness (QED) is 0.451. The molecule has 2 fully saturated rings. The number of aryl methyl sites for hydroxylation is 1. The summed E-state index contributed by atoms with van der Waals surface area (Å²) in [5.74, 6) is 0.259. The number of nitrogens with zero attached hydrogens (tertiary/aromatic N) is 3. The number of nitrogens with one attached hydrogen (secondary N) is 3. The van der Waals surface area contributed by atoms with Crippen LogP contribution in [0, 0.1) is 5.92 Å². The first kappa shape index (κ1) is 25.9. The van der Waals surface area contributed by atoms with Crippen LogP contribution in [-0.4, -0.2) is 89.3 Å². The number of alkyl carbamates (subject to hydrolysis) is 1. The molecule has 4 atom stereocenters. The Hall–Kier alpha value is -2.17. The molecule has 35 heavy (non-hydrogen) atoms. The summed E-state index contributed by atoms with van der Waals surface area (Å²) in [7, 11) is 7.22. The standard InChI is InChI=1S/C22H30N6O5Si.Al/c1-21(6-7-32-13-21)24-20(30)33-11-14-4-5-22(34,10-14)17-9-18(26-25-17)23-19(29)16-8-15(12-31-3)27-28(16)2;/h8-9,11,14H,4-7,10,12-13H2,1-3H3,(H,24,30)(H2,23,25,26,29);/t14?,21?,22-;/m1./s1. The fourth-order valence-electron chi connectivity index (χ4n) is 4.64. The van der Waals surface area contributed by atoms with Crippen molar-refractivity contribution >= 4 is 44.4 Å². The van der Waals surface area contributed by atoms with Gasteiger partial charge in [0.25, 0.3) is 5.91 Å². The van der Waals surface area contributed by atoms with Gasteiger partial charge < -0.3 is 24.8 Å². The highest BCUT2D eigenvalue weighted by atomic mass is 28.1. The zero-order valence-electron chi connectivity index (χ0n) is 20.2. The molecule has 185 valence electrons. The molecule has 4 rings (SSSR count). The molecule has 3 unspecified atom stereocenters. The van der Waals surface area contributed by atoms with E-state index in [1.807, 2.05) is 13.0 Å². The Morgan fingerprint density at radius 2 is 2.23 bits per heavy atom. The molecule has 0 spiro atoms. The Bertz CT molecular complexity index is 1070. The van der Waals surface area contributed by atoms with Crippen LogP contribution < -0.4 is 10.6 Å². The summed E-state index contributed by atoms with van der Waals surface area (Å²) in [6, 6.07) is 3.51. The summed E-state index contributed by atoms with van der Waals surface area (Å²) in [5.41, 5.74) is 1.56. The molecule has 0 aromatic carbocycles. The van der Waals surface area contributed by atoms with E-state index in [0.29, 0.717) is 37.0 Å². The van der Waals surface area contributed by atoms with Crippen LogP contribution in [0.25, 0.3) is 0 Å². The lowest BCUT2D eigenvalue weighted by Crippen LogP contribution is -2.48. The molecule has 0 bridgehead atoms. The topological polar surface area (TPSA) is 132 Å². The van der Waals surface area contributed by atoms with Crippen molar-refractivity contribution in [3.05, 3.63) is 29.2 Å². The number of hydrogen-bond acceptors (Lipinski definition) is 7. The van der Waals surface area contributed by atoms with Crippen molar-refractivity contribution in [1.82, 2.24) is 25.3 Å². The molecular formula is C22H30AlN6O5Si. The van der Waals surface area contributed by atoms with E-state index in [1.165, 1.54) is 4.68 Å². The highest BCUT2D eigenvalue weighted by Gasteiger charge is 2.41. The first-order valence-electron chi connectivity index (χ1n) is 11.6. The molecule has 3 heterocycles. The van der Waals surface area contributed by atoms with Crippen LogP contribution >= 0.6 is 0 Å². The van der Waals surface area contributed by atoms with E-state index >= 15 is 0 Å². The average molecular weight is 514 g/mol. The van der Waals surface area contributed by atoms with Crippen molar-refractivity contribution < 1.29 is 23.8 Å². The van der Waals surface area contributed by atoms with Crippen LogP contribution in [-0.2, 0) is 32.9 Å². The van der Waals surface area contributed by atoms with Gasteiger partial charge in [-0.1, -0.05) is 0 Å². The summed E-state index contributed by atoms with van der Waals surface area (Å²) in [5, 5.41) is 17.0. The fraction of sp³-hybridized carbons (Fsp3) is 0.636. The van der Waals surface area contributed by atoms with Crippen LogP contribution in [0.15, 0.2) is 12.1 Å². The van der Waals surface area contributed by atoms with Gasteiger partial charge in [-0.05, 0) is 49.6 Å². The first-order valence-corrected chi connectivity index (χ1v) is 12.7. The third-order valence-electron chi connectivity index (χ3n) is 6.67. The number of carbonyl (C=O) groups excluding carboxylic acids is 2. The van der Waals surface area contributed by atoms with Crippen molar-refractivity contribution in [3.63, 3.8) is 0 Å². The van der Waals surface area contributed by atoms with E-state index < -0.39 is 6.09 Å². The molecule has 2 aliphatic rings. The van der Waals surface area contributed by atoms with Crippen LogP contribution in [0.4, 0.5) is 10.6 Å². The predicted octanol–water partition coefficient (Wildman–Crippen LogP) is 1.11. The van der Waals surface area contributed by atoms with Crippen LogP contribution in [0.5, 0.6) is 0 Å². The molecular weight excluding hydrogens is 483 g/mol. The maximum absolute atomic E-state index is 12.7. The smallest absolute Gasteiger partial charge is 0.406 e. The second-order valence-corrected chi connectivity index (χ2v) is 11.3. The number of amides is 2. The van der Waals surface area contributed by atoms with Crippen LogP contribution in [0.1, 0.15) is 54.5 Å². The maximum atomic E-state index is 12.7. The summed E-state index contributed by atoms with van der Waals surface area (Å²) in [4.78, 5) is 24.8. The second kappa shape index (κ2) is 10.4. The Kier molecular flexibility index (Phi) is 7.73. The highest BCUT2D eigenvalue weighted by molar-refractivity contribution is 6.16. The lowest BCUT2D eigenvalue weighted by atomic mass is 10.0. The maximum Gasteiger partial charge on any atom is 0.406 e. The van der Waals surface area contributed by atoms with Gasteiger partial charge in [-0.25, -0.2) is 4.79 Å². The van der Waals surface area contributed by atoms with Gasteiger partial charge in [0.15, 0.2) is 22.1 Å². The third kappa shape index (κ3) is 5.98. The summed E-state index contributed by atoms with van der Waals surface area (Å²) in [6.07, 6.45) is 2.77. The number of rotatable bonds is 8. The van der Waals surface area contributed by atoms with Gasteiger partial charge in [-0.15, -0.1) is 0 Å².